The van der Waals surface area contributed by atoms with Gasteiger partial charge in [-0.2, -0.15) is 0 Å². The van der Waals surface area contributed by atoms with Crippen molar-refractivity contribution in [2.75, 3.05) is 6.54 Å². The van der Waals surface area contributed by atoms with Crippen molar-refractivity contribution in [3.63, 3.8) is 0 Å². The maximum atomic E-state index is 10.9. The zero-order valence-electron chi connectivity index (χ0n) is 9.99. The van der Waals surface area contributed by atoms with Crippen molar-refractivity contribution in [3.8, 4) is 0 Å². The normalized spacial score (nSPS) is 10.6. The molecule has 8 heteroatoms. The van der Waals surface area contributed by atoms with Crippen molar-refractivity contribution in [1.82, 2.24) is 20.3 Å². The second kappa shape index (κ2) is 6.39. The molecule has 0 aliphatic carbocycles. The van der Waals surface area contributed by atoms with E-state index >= 15 is 0 Å². The van der Waals surface area contributed by atoms with Crippen LogP contribution in [0.1, 0.15) is 5.56 Å². The molecule has 1 aromatic carbocycles. The van der Waals surface area contributed by atoms with Gasteiger partial charge in [0.1, 0.15) is 0 Å². The summed E-state index contributed by atoms with van der Waals surface area (Å²) in [6.07, 6.45) is 3.38. The summed E-state index contributed by atoms with van der Waals surface area (Å²) in [6.45, 7) is 1.76. The Bertz CT molecular complexity index is 558. The summed E-state index contributed by atoms with van der Waals surface area (Å²) in [5.74, 6) is 0. The van der Waals surface area contributed by atoms with Crippen molar-refractivity contribution in [2.45, 2.75) is 13.1 Å². The smallest absolute Gasteiger partial charge is 0.273 e. The predicted octanol–water partition coefficient (Wildman–Crippen LogP) is 1.74. The van der Waals surface area contributed by atoms with E-state index in [1.54, 1.807) is 29.2 Å². The predicted molar refractivity (Wildman–Crippen MR) is 72.5 cm³/mol. The summed E-state index contributed by atoms with van der Waals surface area (Å²) in [5.41, 5.74) is 0.773. The minimum Gasteiger partial charge on any atom is -0.311 e. The molecule has 19 heavy (non-hydrogen) atoms. The van der Waals surface area contributed by atoms with Gasteiger partial charge in [0, 0.05) is 35.4 Å². The third kappa shape index (κ3) is 3.83. The minimum atomic E-state index is -0.374. The third-order valence-corrected chi connectivity index (χ3v) is 3.04. The van der Waals surface area contributed by atoms with Crippen LogP contribution in [0.25, 0.3) is 0 Å². The molecule has 0 saturated carbocycles. The van der Waals surface area contributed by atoms with Crippen molar-refractivity contribution in [1.29, 1.82) is 0 Å². The Kier molecular flexibility index (Phi) is 4.58. The van der Waals surface area contributed by atoms with Gasteiger partial charge in [-0.25, -0.2) is 0 Å². The van der Waals surface area contributed by atoms with E-state index in [2.05, 4.69) is 31.6 Å². The molecule has 2 aromatic rings. The highest BCUT2D eigenvalue weighted by Crippen LogP contribution is 2.22. The van der Waals surface area contributed by atoms with Gasteiger partial charge in [0.25, 0.3) is 5.69 Å². The van der Waals surface area contributed by atoms with Gasteiger partial charge in [0.05, 0.1) is 17.7 Å². The number of aromatic nitrogens is 3. The summed E-state index contributed by atoms with van der Waals surface area (Å²) in [6, 6.07) is 4.91. The molecule has 0 aliphatic rings. The molecule has 0 fully saturated rings. The highest BCUT2D eigenvalue weighted by Gasteiger charge is 2.12. The van der Waals surface area contributed by atoms with E-state index in [-0.39, 0.29) is 10.6 Å². The van der Waals surface area contributed by atoms with Crippen LogP contribution in [0.15, 0.2) is 35.1 Å². The SMILES string of the molecule is O=[N+]([O-])c1ccc(Br)cc1CNCCn1ccnn1. The topological polar surface area (TPSA) is 85.9 Å². The number of nitrogens with zero attached hydrogens (tertiary/aromatic N) is 4. The van der Waals surface area contributed by atoms with Crippen molar-refractivity contribution in [2.24, 2.45) is 0 Å². The van der Waals surface area contributed by atoms with E-state index < -0.39 is 0 Å². The molecule has 0 unspecified atom stereocenters. The Morgan fingerprint density at radius 1 is 1.47 bits per heavy atom. The molecule has 1 aromatic heterocycles. The quantitative estimate of drug-likeness (QED) is 0.496. The Balaban J connectivity index is 1.91. The van der Waals surface area contributed by atoms with E-state index in [0.29, 0.717) is 25.2 Å². The lowest BCUT2D eigenvalue weighted by atomic mass is 10.2. The molecule has 1 N–H and O–H groups in total. The fourth-order valence-corrected chi connectivity index (χ4v) is 2.05. The Hall–Kier alpha value is -1.80. The fourth-order valence-electron chi connectivity index (χ4n) is 1.64. The molecule has 0 spiro atoms. The van der Waals surface area contributed by atoms with Gasteiger partial charge in [-0.3, -0.25) is 14.8 Å². The number of hydrogen-bond acceptors (Lipinski definition) is 5. The number of rotatable bonds is 6. The van der Waals surface area contributed by atoms with E-state index in [9.17, 15) is 10.1 Å². The summed E-state index contributed by atoms with van der Waals surface area (Å²) in [4.78, 5) is 10.5. The molecule has 0 amide bonds. The molecule has 100 valence electrons. The van der Waals surface area contributed by atoms with Crippen molar-refractivity contribution < 1.29 is 4.92 Å². The van der Waals surface area contributed by atoms with E-state index in [0.717, 1.165) is 4.47 Å². The van der Waals surface area contributed by atoms with Crippen molar-refractivity contribution in [3.05, 3.63) is 50.7 Å². The van der Waals surface area contributed by atoms with E-state index in [1.807, 2.05) is 0 Å². The first-order chi connectivity index (χ1) is 9.16. The number of nitro benzene ring substituents is 1. The highest BCUT2D eigenvalue weighted by molar-refractivity contribution is 9.10. The molecule has 7 nitrogen and oxygen atoms in total. The van der Waals surface area contributed by atoms with Crippen LogP contribution in [0, 0.1) is 10.1 Å². The van der Waals surface area contributed by atoms with E-state index in [1.165, 1.54) is 6.07 Å². The molecule has 2 rings (SSSR count). The Morgan fingerprint density at radius 2 is 2.32 bits per heavy atom. The lowest BCUT2D eigenvalue weighted by molar-refractivity contribution is -0.385. The molecule has 0 radical (unpaired) electrons. The molecule has 0 aliphatic heterocycles. The first-order valence-corrected chi connectivity index (χ1v) is 6.44. The average Bonchev–Trinajstić information content (AvgIpc) is 2.87. The number of hydrogen-bond donors (Lipinski definition) is 1. The molecule has 1 heterocycles. The monoisotopic (exact) mass is 325 g/mol. The van der Waals surface area contributed by atoms with Gasteiger partial charge in [-0.1, -0.05) is 21.1 Å². The Morgan fingerprint density at radius 3 is 3.00 bits per heavy atom. The van der Waals surface area contributed by atoms with Crippen LogP contribution in [0.4, 0.5) is 5.69 Å². The van der Waals surface area contributed by atoms with Gasteiger partial charge in [0.2, 0.25) is 0 Å². The molecule has 0 atom stereocenters. The Labute approximate surface area is 117 Å². The zero-order chi connectivity index (χ0) is 13.7. The number of nitro groups is 1. The molecular weight excluding hydrogens is 314 g/mol. The number of halogens is 1. The van der Waals surface area contributed by atoms with Crippen LogP contribution >= 0.6 is 15.9 Å². The second-order valence-electron chi connectivity index (χ2n) is 3.87. The number of nitrogens with one attached hydrogen (secondary N) is 1. The average molecular weight is 326 g/mol. The van der Waals surface area contributed by atoms with Gasteiger partial charge >= 0.3 is 0 Å². The third-order valence-electron chi connectivity index (χ3n) is 2.54. The number of benzene rings is 1. The van der Waals surface area contributed by atoms with Crippen LogP contribution in [-0.4, -0.2) is 26.5 Å². The zero-order valence-corrected chi connectivity index (χ0v) is 11.6. The van der Waals surface area contributed by atoms with Crippen LogP contribution < -0.4 is 5.32 Å². The first-order valence-electron chi connectivity index (χ1n) is 5.64. The van der Waals surface area contributed by atoms with Crippen LogP contribution in [0.5, 0.6) is 0 Å². The van der Waals surface area contributed by atoms with Gasteiger partial charge in [-0.15, -0.1) is 5.10 Å². The molecular formula is C11H12BrN5O2. The molecule has 0 saturated heterocycles. The first kappa shape index (κ1) is 13.6. The van der Waals surface area contributed by atoms with Gasteiger partial charge < -0.3 is 5.32 Å². The maximum Gasteiger partial charge on any atom is 0.273 e. The summed E-state index contributed by atoms with van der Waals surface area (Å²) in [7, 11) is 0. The van der Waals surface area contributed by atoms with Crippen LogP contribution in [0.2, 0.25) is 0 Å². The lowest BCUT2D eigenvalue weighted by Crippen LogP contribution is -2.20. The fraction of sp³-hybridized carbons (Fsp3) is 0.273. The van der Waals surface area contributed by atoms with Gasteiger partial charge in [-0.05, 0) is 12.1 Å². The summed E-state index contributed by atoms with van der Waals surface area (Å²) < 4.78 is 2.52. The van der Waals surface area contributed by atoms with Gasteiger partial charge in [0.15, 0.2) is 0 Å². The maximum absolute atomic E-state index is 10.9. The highest BCUT2D eigenvalue weighted by atomic mass is 79.9. The standard InChI is InChI=1S/C11H12BrN5O2/c12-10-1-2-11(17(18)19)9(7-10)8-13-3-5-16-6-4-14-15-16/h1-2,4,6-7,13H,3,5,8H2. The summed E-state index contributed by atoms with van der Waals surface area (Å²) in [5, 5.41) is 21.6. The van der Waals surface area contributed by atoms with Crippen molar-refractivity contribution >= 4 is 21.6 Å². The van der Waals surface area contributed by atoms with E-state index in [4.69, 9.17) is 0 Å². The minimum absolute atomic E-state index is 0.122. The van der Waals surface area contributed by atoms with Crippen LogP contribution in [-0.2, 0) is 13.1 Å². The van der Waals surface area contributed by atoms with Crippen LogP contribution in [0.3, 0.4) is 0 Å². The lowest BCUT2D eigenvalue weighted by Gasteiger charge is -2.06. The second-order valence-corrected chi connectivity index (χ2v) is 4.79. The summed E-state index contributed by atoms with van der Waals surface area (Å²) >= 11 is 3.31. The molecule has 0 bridgehead atoms. The largest absolute Gasteiger partial charge is 0.311 e.